The molecule has 1 N–H and O–H groups in total. The van der Waals surface area contributed by atoms with Crippen LogP contribution in [-0.2, 0) is 17.6 Å². The summed E-state index contributed by atoms with van der Waals surface area (Å²) in [5.41, 5.74) is 6.02. The predicted octanol–water partition coefficient (Wildman–Crippen LogP) is 4.96. The number of benzene rings is 2. The molecule has 1 amide bonds. The first kappa shape index (κ1) is 18.0. The number of amides is 1. The van der Waals surface area contributed by atoms with E-state index in [0.717, 1.165) is 40.8 Å². The van der Waals surface area contributed by atoms with E-state index in [1.54, 1.807) is 6.26 Å². The van der Waals surface area contributed by atoms with E-state index in [1.165, 1.54) is 0 Å². The van der Waals surface area contributed by atoms with Crippen LogP contribution in [0.1, 0.15) is 37.0 Å². The number of hydrogen-bond acceptors (Lipinski definition) is 4. The molecule has 0 saturated carbocycles. The first-order valence-electron chi connectivity index (χ1n) is 9.45. The van der Waals surface area contributed by atoms with Gasteiger partial charge >= 0.3 is 0 Å². The summed E-state index contributed by atoms with van der Waals surface area (Å²) >= 11 is 0. The number of aryl methyl sites for hydroxylation is 1. The van der Waals surface area contributed by atoms with Gasteiger partial charge < -0.3 is 9.73 Å². The summed E-state index contributed by atoms with van der Waals surface area (Å²) in [7, 11) is 0. The van der Waals surface area contributed by atoms with Crippen molar-refractivity contribution in [2.75, 3.05) is 5.32 Å². The number of nitrogens with one attached hydrogen (secondary N) is 1. The molecule has 2 aromatic carbocycles. The van der Waals surface area contributed by atoms with Crippen LogP contribution in [0.5, 0.6) is 0 Å². The number of carbonyl (C=O) groups excluding carboxylic acids is 1. The van der Waals surface area contributed by atoms with Gasteiger partial charge in [0.2, 0.25) is 11.8 Å². The lowest BCUT2D eigenvalue weighted by Gasteiger charge is -2.17. The number of fused-ring (bicyclic) bond motifs is 1. The number of nitrogens with zero attached hydrogens (tertiary/aromatic N) is 2. The van der Waals surface area contributed by atoms with Crippen LogP contribution in [0.2, 0.25) is 0 Å². The molecule has 0 bridgehead atoms. The van der Waals surface area contributed by atoms with Crippen LogP contribution in [0.4, 0.5) is 5.69 Å². The van der Waals surface area contributed by atoms with Crippen LogP contribution in [0.3, 0.4) is 0 Å². The molecule has 0 radical (unpaired) electrons. The van der Waals surface area contributed by atoms with Crippen molar-refractivity contribution in [2.24, 2.45) is 5.92 Å². The Morgan fingerprint density at radius 1 is 1.18 bits per heavy atom. The predicted molar refractivity (Wildman–Crippen MR) is 108 cm³/mol. The normalized spacial score (nSPS) is 13.1. The van der Waals surface area contributed by atoms with Gasteiger partial charge in [0.25, 0.3) is 0 Å². The highest BCUT2D eigenvalue weighted by Crippen LogP contribution is 2.31. The average Bonchev–Trinajstić information content (AvgIpc) is 3.17. The van der Waals surface area contributed by atoms with Gasteiger partial charge in [0, 0.05) is 23.2 Å². The van der Waals surface area contributed by atoms with Crippen LogP contribution < -0.4 is 5.32 Å². The summed E-state index contributed by atoms with van der Waals surface area (Å²) in [6, 6.07) is 14.0. The maximum atomic E-state index is 11.6. The summed E-state index contributed by atoms with van der Waals surface area (Å²) in [6.07, 6.45) is 3.75. The number of rotatable bonds is 4. The van der Waals surface area contributed by atoms with E-state index in [0.29, 0.717) is 29.5 Å². The number of oxazole rings is 1. The van der Waals surface area contributed by atoms with Crippen molar-refractivity contribution in [1.29, 1.82) is 5.26 Å². The second-order valence-electron chi connectivity index (χ2n) is 7.54. The molecule has 140 valence electrons. The minimum atomic E-state index is 0.0380. The van der Waals surface area contributed by atoms with Crippen molar-refractivity contribution >= 4 is 11.6 Å². The molecule has 3 aromatic rings. The van der Waals surface area contributed by atoms with Crippen LogP contribution >= 0.6 is 0 Å². The maximum Gasteiger partial charge on any atom is 0.226 e. The average molecular weight is 371 g/mol. The molecule has 1 aliphatic heterocycles. The Morgan fingerprint density at radius 3 is 2.79 bits per heavy atom. The molecule has 0 atom stereocenters. The van der Waals surface area contributed by atoms with Crippen molar-refractivity contribution in [3.8, 4) is 28.8 Å². The van der Waals surface area contributed by atoms with E-state index in [2.05, 4.69) is 30.2 Å². The highest BCUT2D eigenvalue weighted by Gasteiger charge is 2.17. The molecule has 0 fully saturated rings. The third kappa shape index (κ3) is 3.54. The summed E-state index contributed by atoms with van der Waals surface area (Å²) in [5, 5.41) is 12.4. The molecule has 0 saturated heterocycles. The van der Waals surface area contributed by atoms with E-state index in [1.807, 2.05) is 36.4 Å². The number of carbonyl (C=O) groups is 1. The van der Waals surface area contributed by atoms with Gasteiger partial charge in [-0.25, -0.2) is 4.98 Å². The summed E-state index contributed by atoms with van der Waals surface area (Å²) in [5.74, 6) is 0.996. The van der Waals surface area contributed by atoms with Gasteiger partial charge in [0.05, 0.1) is 11.6 Å². The highest BCUT2D eigenvalue weighted by atomic mass is 16.3. The molecule has 0 aliphatic carbocycles. The molecule has 1 aliphatic rings. The van der Waals surface area contributed by atoms with Crippen LogP contribution in [0.25, 0.3) is 22.7 Å². The lowest BCUT2D eigenvalue weighted by atomic mass is 9.97. The fraction of sp³-hybridized carbons (Fsp3) is 0.261. The zero-order valence-electron chi connectivity index (χ0n) is 16.0. The number of hydrogen-bond donors (Lipinski definition) is 1. The summed E-state index contributed by atoms with van der Waals surface area (Å²) < 4.78 is 5.68. The molecule has 2 heterocycles. The fourth-order valence-corrected chi connectivity index (χ4v) is 3.50. The molecular formula is C23H21N3O2. The van der Waals surface area contributed by atoms with E-state index in [9.17, 15) is 10.1 Å². The van der Waals surface area contributed by atoms with Gasteiger partial charge in [0.15, 0.2) is 0 Å². The standard InChI is InChI=1S/C23H21N3O2/c1-14(2)9-16-4-6-18(10-19(16)12-24)23-26-21(13-28-23)17-5-3-15-7-8-22(27)25-20(15)11-17/h3-6,10-11,13-14H,7-9H2,1-2H3,(H,25,27). The van der Waals surface area contributed by atoms with E-state index < -0.39 is 0 Å². The molecule has 4 rings (SSSR count). The van der Waals surface area contributed by atoms with Gasteiger partial charge in [-0.3, -0.25) is 4.79 Å². The second kappa shape index (κ2) is 7.32. The molecule has 0 unspecified atom stereocenters. The van der Waals surface area contributed by atoms with Crippen LogP contribution in [0.15, 0.2) is 47.1 Å². The minimum Gasteiger partial charge on any atom is -0.444 e. The Balaban J connectivity index is 1.64. The number of aromatic nitrogens is 1. The molecule has 28 heavy (non-hydrogen) atoms. The largest absolute Gasteiger partial charge is 0.444 e. The third-order valence-corrected chi connectivity index (χ3v) is 4.91. The molecule has 0 spiro atoms. The van der Waals surface area contributed by atoms with Crippen molar-refractivity contribution in [3.63, 3.8) is 0 Å². The Morgan fingerprint density at radius 2 is 2.00 bits per heavy atom. The van der Waals surface area contributed by atoms with Crippen molar-refractivity contribution in [2.45, 2.75) is 33.1 Å². The van der Waals surface area contributed by atoms with Crippen LogP contribution in [-0.4, -0.2) is 10.9 Å². The van der Waals surface area contributed by atoms with Gasteiger partial charge in [-0.05, 0) is 48.1 Å². The molecule has 5 nitrogen and oxygen atoms in total. The maximum absolute atomic E-state index is 11.6. The van der Waals surface area contributed by atoms with Gasteiger partial charge in [-0.1, -0.05) is 32.0 Å². The topological polar surface area (TPSA) is 78.9 Å². The zero-order valence-corrected chi connectivity index (χ0v) is 16.0. The smallest absolute Gasteiger partial charge is 0.226 e. The molecular weight excluding hydrogens is 350 g/mol. The SMILES string of the molecule is CC(C)Cc1ccc(-c2nc(-c3ccc4c(c3)NC(=O)CC4)co2)cc1C#N. The van der Waals surface area contributed by atoms with Crippen molar-refractivity contribution in [1.82, 2.24) is 4.98 Å². The zero-order chi connectivity index (χ0) is 19.7. The fourth-order valence-electron chi connectivity index (χ4n) is 3.50. The van der Waals surface area contributed by atoms with E-state index in [-0.39, 0.29) is 5.91 Å². The summed E-state index contributed by atoms with van der Waals surface area (Å²) in [6.45, 7) is 4.27. The molecule has 1 aromatic heterocycles. The van der Waals surface area contributed by atoms with Crippen molar-refractivity contribution < 1.29 is 9.21 Å². The first-order valence-corrected chi connectivity index (χ1v) is 9.45. The second-order valence-corrected chi connectivity index (χ2v) is 7.54. The van der Waals surface area contributed by atoms with E-state index >= 15 is 0 Å². The first-order chi connectivity index (χ1) is 13.5. The Bertz CT molecular complexity index is 1090. The monoisotopic (exact) mass is 371 g/mol. The van der Waals surface area contributed by atoms with Gasteiger partial charge in [-0.15, -0.1) is 0 Å². The Hall–Kier alpha value is -3.39. The highest BCUT2D eigenvalue weighted by molar-refractivity contribution is 5.94. The quantitative estimate of drug-likeness (QED) is 0.703. The third-order valence-electron chi connectivity index (χ3n) is 4.91. The number of anilines is 1. The van der Waals surface area contributed by atoms with Crippen molar-refractivity contribution in [3.05, 3.63) is 59.4 Å². The summed E-state index contributed by atoms with van der Waals surface area (Å²) in [4.78, 5) is 16.2. The van der Waals surface area contributed by atoms with Crippen LogP contribution in [0, 0.1) is 17.2 Å². The minimum absolute atomic E-state index is 0.0380. The van der Waals surface area contributed by atoms with Gasteiger partial charge in [-0.2, -0.15) is 5.26 Å². The molecule has 5 heteroatoms. The lowest BCUT2D eigenvalue weighted by Crippen LogP contribution is -2.18. The Kier molecular flexibility index (Phi) is 4.70. The van der Waals surface area contributed by atoms with Gasteiger partial charge in [0.1, 0.15) is 12.0 Å². The van der Waals surface area contributed by atoms with E-state index in [4.69, 9.17) is 4.42 Å². The Labute approximate surface area is 164 Å². The lowest BCUT2D eigenvalue weighted by molar-refractivity contribution is -0.116. The number of nitriles is 1.